The quantitative estimate of drug-likeness (QED) is 0.914. The van der Waals surface area contributed by atoms with Crippen LogP contribution in [-0.2, 0) is 16.0 Å². The van der Waals surface area contributed by atoms with Crippen molar-refractivity contribution in [2.75, 3.05) is 32.8 Å². The molecule has 2 aliphatic heterocycles. The summed E-state index contributed by atoms with van der Waals surface area (Å²) >= 11 is 0. The zero-order chi connectivity index (χ0) is 16.4. The number of ether oxygens (including phenoxy) is 1. The smallest absolute Gasteiger partial charge is 0.409 e. The zero-order valence-electron chi connectivity index (χ0n) is 13.3. The summed E-state index contributed by atoms with van der Waals surface area (Å²) in [5, 5.41) is 9.73. The largest absolute Gasteiger partial charge is 0.508 e. The van der Waals surface area contributed by atoms with Gasteiger partial charge in [-0.3, -0.25) is 4.79 Å². The predicted octanol–water partition coefficient (Wildman–Crippen LogP) is 1.54. The molecule has 2 saturated heterocycles. The summed E-state index contributed by atoms with van der Waals surface area (Å²) in [7, 11) is 0. The van der Waals surface area contributed by atoms with E-state index < -0.39 is 0 Å². The molecule has 0 bridgehead atoms. The average Bonchev–Trinajstić information content (AvgIpc) is 3.13. The first-order valence-corrected chi connectivity index (χ1v) is 8.01. The second kappa shape index (κ2) is 6.48. The van der Waals surface area contributed by atoms with Crippen molar-refractivity contribution >= 4 is 12.0 Å². The Balaban J connectivity index is 1.52. The summed E-state index contributed by atoms with van der Waals surface area (Å²) < 4.78 is 4.93. The molecular formula is C17H22N2O4. The highest BCUT2D eigenvalue weighted by atomic mass is 16.6. The van der Waals surface area contributed by atoms with Crippen molar-refractivity contribution in [3.63, 3.8) is 0 Å². The highest BCUT2D eigenvalue weighted by Gasteiger charge is 2.31. The minimum absolute atomic E-state index is 0.0692. The second-order valence-corrected chi connectivity index (χ2v) is 6.35. The number of aromatic hydroxyl groups is 1. The van der Waals surface area contributed by atoms with E-state index in [1.165, 1.54) is 0 Å². The van der Waals surface area contributed by atoms with Crippen LogP contribution in [0.3, 0.4) is 0 Å². The Morgan fingerprint density at radius 2 is 2.22 bits per heavy atom. The normalized spacial score (nSPS) is 20.9. The van der Waals surface area contributed by atoms with Gasteiger partial charge in [-0.05, 0) is 36.5 Å². The van der Waals surface area contributed by atoms with Crippen molar-refractivity contribution < 1.29 is 19.4 Å². The lowest BCUT2D eigenvalue weighted by Gasteiger charge is -2.19. The highest BCUT2D eigenvalue weighted by molar-refractivity contribution is 5.79. The van der Waals surface area contributed by atoms with Gasteiger partial charge in [-0.1, -0.05) is 12.1 Å². The number of likely N-dealkylation sites (tertiary alicyclic amines) is 1. The summed E-state index contributed by atoms with van der Waals surface area (Å²) in [6.07, 6.45) is 0.964. The number of phenols is 1. The summed E-state index contributed by atoms with van der Waals surface area (Å²) in [6, 6.07) is 5.35. The number of hydrogen-bond acceptors (Lipinski definition) is 4. The third kappa shape index (κ3) is 3.57. The van der Waals surface area contributed by atoms with Crippen LogP contribution in [0.2, 0.25) is 0 Å². The number of nitrogens with zero attached hydrogens (tertiary/aromatic N) is 2. The molecule has 0 aromatic heterocycles. The predicted molar refractivity (Wildman–Crippen MR) is 84.2 cm³/mol. The van der Waals surface area contributed by atoms with Crippen LogP contribution in [0.5, 0.6) is 5.75 Å². The number of carbonyl (C=O) groups is 2. The number of phenolic OH excluding ortho intramolecular Hbond substituents is 1. The SMILES string of the molecule is Cc1ccc(CC(=O)N2CC[C@H](CN3CCOC3=O)C2)cc1O. The van der Waals surface area contributed by atoms with Crippen molar-refractivity contribution in [2.45, 2.75) is 19.8 Å². The van der Waals surface area contributed by atoms with Gasteiger partial charge in [-0.15, -0.1) is 0 Å². The van der Waals surface area contributed by atoms with Gasteiger partial charge in [0.15, 0.2) is 0 Å². The number of aryl methyl sites for hydroxylation is 1. The van der Waals surface area contributed by atoms with E-state index in [2.05, 4.69) is 0 Å². The molecule has 1 N–H and O–H groups in total. The maximum Gasteiger partial charge on any atom is 0.409 e. The van der Waals surface area contributed by atoms with Gasteiger partial charge in [-0.2, -0.15) is 0 Å². The lowest BCUT2D eigenvalue weighted by atomic mass is 10.1. The molecule has 0 spiro atoms. The van der Waals surface area contributed by atoms with Crippen LogP contribution >= 0.6 is 0 Å². The van der Waals surface area contributed by atoms with Gasteiger partial charge in [0, 0.05) is 19.6 Å². The third-order valence-electron chi connectivity index (χ3n) is 4.59. The van der Waals surface area contributed by atoms with E-state index >= 15 is 0 Å². The molecule has 2 aliphatic rings. The Morgan fingerprint density at radius 1 is 1.39 bits per heavy atom. The molecule has 1 atom stereocenters. The van der Waals surface area contributed by atoms with Gasteiger partial charge in [-0.25, -0.2) is 4.79 Å². The van der Waals surface area contributed by atoms with E-state index in [-0.39, 0.29) is 17.7 Å². The molecule has 6 heteroatoms. The van der Waals surface area contributed by atoms with E-state index in [0.29, 0.717) is 38.6 Å². The van der Waals surface area contributed by atoms with Gasteiger partial charge >= 0.3 is 6.09 Å². The van der Waals surface area contributed by atoms with Gasteiger partial charge in [0.05, 0.1) is 13.0 Å². The molecule has 1 aromatic rings. The van der Waals surface area contributed by atoms with Crippen molar-refractivity contribution in [3.05, 3.63) is 29.3 Å². The lowest BCUT2D eigenvalue weighted by Crippen LogP contribution is -2.34. The monoisotopic (exact) mass is 318 g/mol. The Morgan fingerprint density at radius 3 is 2.91 bits per heavy atom. The molecule has 2 heterocycles. The van der Waals surface area contributed by atoms with E-state index in [0.717, 1.165) is 24.1 Å². The number of hydrogen-bond donors (Lipinski definition) is 1. The number of carbonyl (C=O) groups excluding carboxylic acids is 2. The standard InChI is InChI=1S/C17H22N2O4/c1-12-2-3-13(8-15(12)20)9-16(21)18-5-4-14(10-18)11-19-6-7-23-17(19)22/h2-3,8,14,20H,4-7,9-11H2,1H3/t14-/m0/s1. The number of rotatable bonds is 4. The molecule has 6 nitrogen and oxygen atoms in total. The molecule has 1 aromatic carbocycles. The van der Waals surface area contributed by atoms with Crippen molar-refractivity contribution in [2.24, 2.45) is 5.92 Å². The second-order valence-electron chi connectivity index (χ2n) is 6.35. The van der Waals surface area contributed by atoms with Crippen LogP contribution in [0.1, 0.15) is 17.5 Å². The van der Waals surface area contributed by atoms with Gasteiger partial charge in [0.2, 0.25) is 5.91 Å². The van der Waals surface area contributed by atoms with Crippen LogP contribution < -0.4 is 0 Å². The molecule has 0 radical (unpaired) electrons. The molecule has 2 fully saturated rings. The van der Waals surface area contributed by atoms with E-state index in [4.69, 9.17) is 4.74 Å². The third-order valence-corrected chi connectivity index (χ3v) is 4.59. The molecule has 124 valence electrons. The van der Waals surface area contributed by atoms with Gasteiger partial charge in [0.1, 0.15) is 12.4 Å². The van der Waals surface area contributed by atoms with Crippen LogP contribution in [0.15, 0.2) is 18.2 Å². The summed E-state index contributed by atoms with van der Waals surface area (Å²) in [6.45, 7) is 5.00. The first-order chi connectivity index (χ1) is 11.0. The van der Waals surface area contributed by atoms with Crippen LogP contribution in [0, 0.1) is 12.8 Å². The minimum atomic E-state index is -0.245. The highest BCUT2D eigenvalue weighted by Crippen LogP contribution is 2.22. The number of amides is 2. The van der Waals surface area contributed by atoms with Crippen LogP contribution in [0.4, 0.5) is 4.79 Å². The zero-order valence-corrected chi connectivity index (χ0v) is 13.3. The van der Waals surface area contributed by atoms with Crippen LogP contribution in [0.25, 0.3) is 0 Å². The van der Waals surface area contributed by atoms with Gasteiger partial charge in [0.25, 0.3) is 0 Å². The molecule has 0 aliphatic carbocycles. The molecule has 0 saturated carbocycles. The molecular weight excluding hydrogens is 296 g/mol. The topological polar surface area (TPSA) is 70.1 Å². The Bertz CT molecular complexity index is 617. The minimum Gasteiger partial charge on any atom is -0.508 e. The molecule has 3 rings (SSSR count). The molecule has 0 unspecified atom stereocenters. The Hall–Kier alpha value is -2.24. The fourth-order valence-corrected chi connectivity index (χ4v) is 3.16. The summed E-state index contributed by atoms with van der Waals surface area (Å²) in [5.74, 6) is 0.609. The van der Waals surface area contributed by atoms with E-state index in [9.17, 15) is 14.7 Å². The first kappa shape index (κ1) is 15.6. The maximum absolute atomic E-state index is 12.4. The number of cyclic esters (lactones) is 1. The fraction of sp³-hybridized carbons (Fsp3) is 0.529. The molecule has 2 amide bonds. The van der Waals surface area contributed by atoms with E-state index in [1.54, 1.807) is 11.0 Å². The lowest BCUT2D eigenvalue weighted by molar-refractivity contribution is -0.129. The Kier molecular flexibility index (Phi) is 4.41. The van der Waals surface area contributed by atoms with Gasteiger partial charge < -0.3 is 19.6 Å². The Labute approximate surface area is 135 Å². The van der Waals surface area contributed by atoms with Crippen LogP contribution in [-0.4, -0.2) is 59.7 Å². The van der Waals surface area contributed by atoms with Crippen molar-refractivity contribution in [1.29, 1.82) is 0 Å². The molecule has 23 heavy (non-hydrogen) atoms. The van der Waals surface area contributed by atoms with E-state index in [1.807, 2.05) is 24.0 Å². The fourth-order valence-electron chi connectivity index (χ4n) is 3.16. The maximum atomic E-state index is 12.4. The van der Waals surface area contributed by atoms with Crippen molar-refractivity contribution in [3.8, 4) is 5.75 Å². The summed E-state index contributed by atoms with van der Waals surface area (Å²) in [5.41, 5.74) is 1.63. The van der Waals surface area contributed by atoms with Crippen molar-refractivity contribution in [1.82, 2.24) is 9.80 Å². The summed E-state index contributed by atoms with van der Waals surface area (Å²) in [4.78, 5) is 27.4. The average molecular weight is 318 g/mol. The first-order valence-electron chi connectivity index (χ1n) is 8.01. The number of benzene rings is 1.